The van der Waals surface area contributed by atoms with Gasteiger partial charge in [-0.25, -0.2) is 0 Å². The molecule has 0 spiro atoms. The van der Waals surface area contributed by atoms with Gasteiger partial charge in [0.1, 0.15) is 17.6 Å². The molecule has 4 nitrogen and oxygen atoms in total. The molecule has 0 radical (unpaired) electrons. The number of benzene rings is 3. The highest BCUT2D eigenvalue weighted by Gasteiger charge is 2.13. The number of aromatic nitrogens is 1. The first-order chi connectivity index (χ1) is 14.2. The van der Waals surface area contributed by atoms with Gasteiger partial charge in [-0.05, 0) is 48.9 Å². The molecule has 0 fully saturated rings. The Hall–Kier alpha value is -3.97. The SMILES string of the molecule is Cc1c(Nc2ccc(Oc3ccccc3)cc2)c(C#N)cn1Cc1ccccc1. The van der Waals surface area contributed by atoms with Gasteiger partial charge in [-0.3, -0.25) is 0 Å². The third-order valence-corrected chi connectivity index (χ3v) is 4.77. The van der Waals surface area contributed by atoms with Gasteiger partial charge in [-0.1, -0.05) is 48.5 Å². The quantitative estimate of drug-likeness (QED) is 0.431. The van der Waals surface area contributed by atoms with Gasteiger partial charge in [0.2, 0.25) is 0 Å². The van der Waals surface area contributed by atoms with Crippen molar-refractivity contribution in [2.45, 2.75) is 13.5 Å². The van der Waals surface area contributed by atoms with Crippen molar-refractivity contribution in [2.75, 3.05) is 5.32 Å². The molecule has 4 heteroatoms. The van der Waals surface area contributed by atoms with Crippen LogP contribution in [0, 0.1) is 18.3 Å². The minimum Gasteiger partial charge on any atom is -0.457 e. The molecular weight excluding hydrogens is 358 g/mol. The standard InChI is InChI=1S/C25H21N3O/c1-19-25(21(16-26)18-28(19)17-20-8-4-2-5-9-20)27-22-12-14-24(15-13-22)29-23-10-6-3-7-11-23/h2-15,18,27H,17H2,1H3. The molecule has 0 bridgehead atoms. The molecule has 4 rings (SSSR count). The lowest BCUT2D eigenvalue weighted by Gasteiger charge is -2.11. The van der Waals surface area contributed by atoms with Gasteiger partial charge < -0.3 is 14.6 Å². The van der Waals surface area contributed by atoms with Crippen LogP contribution in [0.5, 0.6) is 11.5 Å². The molecule has 0 amide bonds. The minimum absolute atomic E-state index is 0.628. The van der Waals surface area contributed by atoms with Crippen LogP contribution in [0.25, 0.3) is 0 Å². The lowest BCUT2D eigenvalue weighted by Crippen LogP contribution is -2.01. The van der Waals surface area contributed by atoms with E-state index in [4.69, 9.17) is 4.74 Å². The van der Waals surface area contributed by atoms with E-state index in [9.17, 15) is 5.26 Å². The van der Waals surface area contributed by atoms with Crippen molar-refractivity contribution in [3.63, 3.8) is 0 Å². The molecule has 1 heterocycles. The summed E-state index contributed by atoms with van der Waals surface area (Å²) in [5, 5.41) is 13.0. The number of ether oxygens (including phenoxy) is 1. The predicted molar refractivity (Wildman–Crippen MR) is 116 cm³/mol. The lowest BCUT2D eigenvalue weighted by atomic mass is 10.2. The van der Waals surface area contributed by atoms with E-state index in [1.54, 1.807) is 0 Å². The Morgan fingerprint density at radius 2 is 1.48 bits per heavy atom. The second kappa shape index (κ2) is 8.37. The fourth-order valence-corrected chi connectivity index (χ4v) is 3.22. The molecule has 0 saturated carbocycles. The Morgan fingerprint density at radius 3 is 2.14 bits per heavy atom. The predicted octanol–water partition coefficient (Wildman–Crippen LogP) is 6.25. The van der Waals surface area contributed by atoms with Gasteiger partial charge in [-0.15, -0.1) is 0 Å². The minimum atomic E-state index is 0.628. The van der Waals surface area contributed by atoms with Crippen LogP contribution in [0.4, 0.5) is 11.4 Å². The van der Waals surface area contributed by atoms with E-state index in [1.165, 1.54) is 5.56 Å². The zero-order valence-corrected chi connectivity index (χ0v) is 16.2. The molecule has 1 N–H and O–H groups in total. The molecule has 0 aliphatic carbocycles. The van der Waals surface area contributed by atoms with Gasteiger partial charge in [0.15, 0.2) is 0 Å². The fourth-order valence-electron chi connectivity index (χ4n) is 3.22. The molecule has 0 unspecified atom stereocenters. The highest BCUT2D eigenvalue weighted by atomic mass is 16.5. The third kappa shape index (κ3) is 4.31. The normalized spacial score (nSPS) is 10.3. The summed E-state index contributed by atoms with van der Waals surface area (Å²) in [4.78, 5) is 0. The smallest absolute Gasteiger partial charge is 0.127 e. The van der Waals surface area contributed by atoms with Crippen molar-refractivity contribution in [1.82, 2.24) is 4.57 Å². The van der Waals surface area contributed by atoms with Gasteiger partial charge >= 0.3 is 0 Å². The first-order valence-electron chi connectivity index (χ1n) is 9.46. The number of nitrogens with one attached hydrogen (secondary N) is 1. The van der Waals surface area contributed by atoms with Crippen molar-refractivity contribution in [3.8, 4) is 17.6 Å². The summed E-state index contributed by atoms with van der Waals surface area (Å²) in [5.74, 6) is 1.56. The van der Waals surface area contributed by atoms with Crippen LogP contribution in [-0.4, -0.2) is 4.57 Å². The monoisotopic (exact) mass is 379 g/mol. The maximum Gasteiger partial charge on any atom is 0.127 e. The van der Waals surface area contributed by atoms with E-state index in [0.717, 1.165) is 35.1 Å². The maximum absolute atomic E-state index is 9.59. The summed E-state index contributed by atoms with van der Waals surface area (Å²) in [6, 6.07) is 29.9. The van der Waals surface area contributed by atoms with Crippen molar-refractivity contribution >= 4 is 11.4 Å². The average Bonchev–Trinajstić information content (AvgIpc) is 3.05. The van der Waals surface area contributed by atoms with E-state index in [0.29, 0.717) is 5.56 Å². The Kier molecular flexibility index (Phi) is 5.31. The van der Waals surface area contributed by atoms with E-state index < -0.39 is 0 Å². The molecule has 0 aliphatic heterocycles. The van der Waals surface area contributed by atoms with Crippen LogP contribution < -0.4 is 10.1 Å². The van der Waals surface area contributed by atoms with Gasteiger partial charge in [0.25, 0.3) is 0 Å². The number of nitrogens with zero attached hydrogens (tertiary/aromatic N) is 2. The first kappa shape index (κ1) is 18.4. The number of hydrogen-bond acceptors (Lipinski definition) is 3. The number of para-hydroxylation sites is 1. The van der Waals surface area contributed by atoms with E-state index in [1.807, 2.05) is 85.9 Å². The first-order valence-corrected chi connectivity index (χ1v) is 9.46. The maximum atomic E-state index is 9.59. The summed E-state index contributed by atoms with van der Waals surface area (Å²) >= 11 is 0. The van der Waals surface area contributed by atoms with Gasteiger partial charge in [0, 0.05) is 24.1 Å². The molecule has 4 aromatic rings. The van der Waals surface area contributed by atoms with Crippen molar-refractivity contribution in [1.29, 1.82) is 5.26 Å². The average molecular weight is 379 g/mol. The Labute approximate surface area is 170 Å². The largest absolute Gasteiger partial charge is 0.457 e. The molecular formula is C25H21N3O. The van der Waals surface area contributed by atoms with E-state index in [-0.39, 0.29) is 0 Å². The zero-order chi connectivity index (χ0) is 20.1. The number of anilines is 2. The lowest BCUT2D eigenvalue weighted by molar-refractivity contribution is 0.483. The summed E-state index contributed by atoms with van der Waals surface area (Å²) in [6.07, 6.45) is 1.90. The van der Waals surface area contributed by atoms with Crippen LogP contribution in [0.2, 0.25) is 0 Å². The molecule has 29 heavy (non-hydrogen) atoms. The van der Waals surface area contributed by atoms with Crippen molar-refractivity contribution in [3.05, 3.63) is 108 Å². The topological polar surface area (TPSA) is 50.0 Å². The van der Waals surface area contributed by atoms with Crippen LogP contribution >= 0.6 is 0 Å². The van der Waals surface area contributed by atoms with Gasteiger partial charge in [-0.2, -0.15) is 5.26 Å². The van der Waals surface area contributed by atoms with Crippen LogP contribution in [0.1, 0.15) is 16.8 Å². The molecule has 142 valence electrons. The summed E-state index contributed by atoms with van der Waals surface area (Å²) in [7, 11) is 0. The summed E-state index contributed by atoms with van der Waals surface area (Å²) in [6.45, 7) is 2.76. The van der Waals surface area contributed by atoms with Crippen molar-refractivity contribution < 1.29 is 4.74 Å². The van der Waals surface area contributed by atoms with Gasteiger partial charge in [0.05, 0.1) is 11.3 Å². The Bertz CT molecular complexity index is 1120. The Balaban J connectivity index is 1.52. The number of nitriles is 1. The Morgan fingerprint density at radius 1 is 0.862 bits per heavy atom. The number of rotatable bonds is 6. The molecule has 3 aromatic carbocycles. The van der Waals surface area contributed by atoms with Crippen LogP contribution in [-0.2, 0) is 6.54 Å². The highest BCUT2D eigenvalue weighted by Crippen LogP contribution is 2.29. The molecule has 1 aromatic heterocycles. The molecule has 0 aliphatic rings. The second-order valence-corrected chi connectivity index (χ2v) is 6.79. The highest BCUT2D eigenvalue weighted by molar-refractivity contribution is 5.69. The zero-order valence-electron chi connectivity index (χ0n) is 16.2. The third-order valence-electron chi connectivity index (χ3n) is 4.77. The van der Waals surface area contributed by atoms with Crippen molar-refractivity contribution in [2.24, 2.45) is 0 Å². The molecule has 0 atom stereocenters. The van der Waals surface area contributed by atoms with Crippen LogP contribution in [0.3, 0.4) is 0 Å². The van der Waals surface area contributed by atoms with Crippen LogP contribution in [0.15, 0.2) is 91.1 Å². The summed E-state index contributed by atoms with van der Waals surface area (Å²) in [5.41, 5.74) is 4.59. The van der Waals surface area contributed by atoms with E-state index >= 15 is 0 Å². The fraction of sp³-hybridized carbons (Fsp3) is 0.0800. The molecule has 0 saturated heterocycles. The second-order valence-electron chi connectivity index (χ2n) is 6.79. The van der Waals surface area contributed by atoms with E-state index in [2.05, 4.69) is 28.1 Å². The summed E-state index contributed by atoms with van der Waals surface area (Å²) < 4.78 is 7.94. The number of hydrogen-bond donors (Lipinski definition) is 1.